The lowest BCUT2D eigenvalue weighted by Gasteiger charge is -2.30. The molecule has 1 saturated carbocycles. The first kappa shape index (κ1) is 10.1. The smallest absolute Gasteiger partial charge is 0.00933 e. The van der Waals surface area contributed by atoms with E-state index in [1.807, 2.05) is 0 Å². The van der Waals surface area contributed by atoms with Gasteiger partial charge in [0.15, 0.2) is 0 Å². The zero-order valence-electron chi connectivity index (χ0n) is 9.91. The van der Waals surface area contributed by atoms with Gasteiger partial charge in [-0.15, -0.1) is 0 Å². The average Bonchev–Trinajstić information content (AvgIpc) is 3.02. The van der Waals surface area contributed by atoms with E-state index < -0.39 is 0 Å². The number of hydrogen-bond acceptors (Lipinski definition) is 2. The van der Waals surface area contributed by atoms with Crippen molar-refractivity contribution < 1.29 is 0 Å². The third-order valence-electron chi connectivity index (χ3n) is 4.63. The van der Waals surface area contributed by atoms with E-state index in [4.69, 9.17) is 0 Å². The van der Waals surface area contributed by atoms with Crippen molar-refractivity contribution in [1.29, 1.82) is 0 Å². The minimum Gasteiger partial charge on any atom is -0.311 e. The predicted octanol–water partition coefficient (Wildman–Crippen LogP) is 2.00. The van der Waals surface area contributed by atoms with Gasteiger partial charge in [-0.1, -0.05) is 0 Å². The van der Waals surface area contributed by atoms with Gasteiger partial charge in [0.05, 0.1) is 0 Å². The van der Waals surface area contributed by atoms with Crippen LogP contribution in [0.5, 0.6) is 0 Å². The highest BCUT2D eigenvalue weighted by Crippen LogP contribution is 2.33. The van der Waals surface area contributed by atoms with Crippen LogP contribution in [-0.4, -0.2) is 36.6 Å². The third kappa shape index (κ3) is 2.36. The second kappa shape index (κ2) is 4.06. The summed E-state index contributed by atoms with van der Waals surface area (Å²) in [5.74, 6) is 1.02. The molecule has 0 aromatic rings. The Hall–Kier alpha value is -0.0800. The molecular weight excluding hydrogens is 184 g/mol. The molecule has 2 atom stereocenters. The van der Waals surface area contributed by atoms with Crippen molar-refractivity contribution in [3.63, 3.8) is 0 Å². The number of piperidine rings is 1. The Labute approximate surface area is 93.4 Å². The van der Waals surface area contributed by atoms with Crippen LogP contribution in [0.3, 0.4) is 0 Å². The highest BCUT2D eigenvalue weighted by molar-refractivity contribution is 4.92. The highest BCUT2D eigenvalue weighted by Gasteiger charge is 2.33. The van der Waals surface area contributed by atoms with Crippen LogP contribution in [0.2, 0.25) is 0 Å². The zero-order valence-corrected chi connectivity index (χ0v) is 9.91. The summed E-state index contributed by atoms with van der Waals surface area (Å²) in [6, 6.07) is 2.70. The average molecular weight is 208 g/mol. The minimum atomic E-state index is 0.875. The molecule has 86 valence electrons. The van der Waals surface area contributed by atoms with Gasteiger partial charge in [-0.05, 0) is 64.5 Å². The van der Waals surface area contributed by atoms with Crippen molar-refractivity contribution in [1.82, 2.24) is 10.2 Å². The molecule has 2 heterocycles. The van der Waals surface area contributed by atoms with Gasteiger partial charge in [0, 0.05) is 18.1 Å². The van der Waals surface area contributed by atoms with E-state index in [0.29, 0.717) is 0 Å². The molecule has 2 bridgehead atoms. The van der Waals surface area contributed by atoms with Gasteiger partial charge in [0.25, 0.3) is 0 Å². The number of nitrogens with zero attached hydrogens (tertiary/aromatic N) is 1. The quantitative estimate of drug-likeness (QED) is 0.760. The van der Waals surface area contributed by atoms with E-state index in [1.54, 1.807) is 0 Å². The molecule has 3 fully saturated rings. The molecule has 2 saturated heterocycles. The summed E-state index contributed by atoms with van der Waals surface area (Å²) in [5, 5.41) is 3.73. The van der Waals surface area contributed by atoms with Crippen LogP contribution in [0.1, 0.15) is 44.9 Å². The van der Waals surface area contributed by atoms with E-state index in [2.05, 4.69) is 17.3 Å². The molecule has 3 rings (SSSR count). The molecule has 2 heteroatoms. The van der Waals surface area contributed by atoms with Gasteiger partial charge < -0.3 is 10.2 Å². The molecule has 15 heavy (non-hydrogen) atoms. The number of fused-ring (bicyclic) bond motifs is 2. The fourth-order valence-electron chi connectivity index (χ4n) is 3.49. The lowest BCUT2D eigenvalue weighted by molar-refractivity contribution is 0.238. The van der Waals surface area contributed by atoms with Crippen LogP contribution in [0, 0.1) is 5.92 Å². The number of hydrogen-bond donors (Lipinski definition) is 1. The Morgan fingerprint density at radius 3 is 2.33 bits per heavy atom. The second-order valence-corrected chi connectivity index (χ2v) is 5.98. The number of nitrogens with one attached hydrogen (secondary N) is 1. The Bertz CT molecular complexity index is 213. The van der Waals surface area contributed by atoms with Gasteiger partial charge in [-0.25, -0.2) is 0 Å². The van der Waals surface area contributed by atoms with Gasteiger partial charge >= 0.3 is 0 Å². The molecule has 2 nitrogen and oxygen atoms in total. The maximum absolute atomic E-state index is 3.73. The minimum absolute atomic E-state index is 0.875. The van der Waals surface area contributed by atoms with E-state index in [1.165, 1.54) is 51.5 Å². The first-order chi connectivity index (χ1) is 7.31. The van der Waals surface area contributed by atoms with Crippen LogP contribution in [0.25, 0.3) is 0 Å². The molecule has 0 spiro atoms. The summed E-state index contributed by atoms with van der Waals surface area (Å²) in [6.45, 7) is 1.34. The van der Waals surface area contributed by atoms with Crippen LogP contribution >= 0.6 is 0 Å². The van der Waals surface area contributed by atoms with Crippen molar-refractivity contribution in [3.05, 3.63) is 0 Å². The second-order valence-electron chi connectivity index (χ2n) is 5.98. The molecule has 1 aliphatic carbocycles. The Morgan fingerprint density at radius 1 is 1.07 bits per heavy atom. The predicted molar refractivity (Wildman–Crippen MR) is 62.9 cm³/mol. The van der Waals surface area contributed by atoms with Gasteiger partial charge in [-0.3, -0.25) is 0 Å². The monoisotopic (exact) mass is 208 g/mol. The van der Waals surface area contributed by atoms with E-state index in [0.717, 1.165) is 24.0 Å². The topological polar surface area (TPSA) is 15.3 Å². The van der Waals surface area contributed by atoms with Crippen LogP contribution in [0.15, 0.2) is 0 Å². The van der Waals surface area contributed by atoms with Crippen molar-refractivity contribution in [2.45, 2.75) is 63.1 Å². The molecule has 0 radical (unpaired) electrons. The Morgan fingerprint density at radius 2 is 1.73 bits per heavy atom. The maximum Gasteiger partial charge on any atom is 0.00933 e. The SMILES string of the molecule is CN(CCC1CC2CCC(C1)N2)C1CC1. The molecule has 0 aromatic heterocycles. The fraction of sp³-hybridized carbons (Fsp3) is 1.00. The van der Waals surface area contributed by atoms with Crippen LogP contribution in [-0.2, 0) is 0 Å². The largest absolute Gasteiger partial charge is 0.311 e. The summed E-state index contributed by atoms with van der Waals surface area (Å²) in [7, 11) is 2.31. The van der Waals surface area contributed by atoms with Crippen molar-refractivity contribution in [2.75, 3.05) is 13.6 Å². The molecular formula is C13H24N2. The lowest BCUT2D eigenvalue weighted by Crippen LogP contribution is -2.39. The Balaban J connectivity index is 1.43. The normalized spacial score (nSPS) is 40.0. The summed E-state index contributed by atoms with van der Waals surface area (Å²) in [5.41, 5.74) is 0. The van der Waals surface area contributed by atoms with E-state index in [9.17, 15) is 0 Å². The summed E-state index contributed by atoms with van der Waals surface area (Å²) in [6.07, 6.45) is 10.1. The zero-order chi connectivity index (χ0) is 10.3. The fourth-order valence-corrected chi connectivity index (χ4v) is 3.49. The summed E-state index contributed by atoms with van der Waals surface area (Å²) < 4.78 is 0. The molecule has 3 aliphatic rings. The highest BCUT2D eigenvalue weighted by atomic mass is 15.1. The molecule has 0 aromatic carbocycles. The molecule has 2 unspecified atom stereocenters. The lowest BCUT2D eigenvalue weighted by atomic mass is 9.89. The third-order valence-corrected chi connectivity index (χ3v) is 4.63. The first-order valence-electron chi connectivity index (χ1n) is 6.77. The van der Waals surface area contributed by atoms with Gasteiger partial charge in [-0.2, -0.15) is 0 Å². The standard InChI is InChI=1S/C13H24N2/c1-15(13-4-5-13)7-6-10-8-11-2-3-12(9-10)14-11/h10-14H,2-9H2,1H3. The Kier molecular flexibility index (Phi) is 2.73. The van der Waals surface area contributed by atoms with Crippen molar-refractivity contribution >= 4 is 0 Å². The van der Waals surface area contributed by atoms with Gasteiger partial charge in [0.1, 0.15) is 0 Å². The summed E-state index contributed by atoms with van der Waals surface area (Å²) >= 11 is 0. The van der Waals surface area contributed by atoms with Gasteiger partial charge in [0.2, 0.25) is 0 Å². The summed E-state index contributed by atoms with van der Waals surface area (Å²) in [4.78, 5) is 2.59. The van der Waals surface area contributed by atoms with Crippen molar-refractivity contribution in [2.24, 2.45) is 5.92 Å². The molecule has 0 amide bonds. The number of rotatable bonds is 4. The maximum atomic E-state index is 3.73. The van der Waals surface area contributed by atoms with Crippen molar-refractivity contribution in [3.8, 4) is 0 Å². The molecule has 2 aliphatic heterocycles. The molecule has 1 N–H and O–H groups in total. The first-order valence-corrected chi connectivity index (χ1v) is 6.77. The van der Waals surface area contributed by atoms with Crippen LogP contribution in [0.4, 0.5) is 0 Å². The van der Waals surface area contributed by atoms with E-state index >= 15 is 0 Å². The van der Waals surface area contributed by atoms with E-state index in [-0.39, 0.29) is 0 Å². The van der Waals surface area contributed by atoms with Crippen LogP contribution < -0.4 is 5.32 Å².